The fraction of sp³-hybridized carbons (Fsp3) is 1.00. The lowest BCUT2D eigenvalue weighted by molar-refractivity contribution is 0.136. The van der Waals surface area contributed by atoms with Crippen LogP contribution in [0, 0.1) is 5.92 Å². The molecule has 2 heterocycles. The minimum Gasteiger partial charge on any atom is -0.330 e. The highest BCUT2D eigenvalue weighted by Crippen LogP contribution is 2.19. The molecule has 1 unspecified atom stereocenters. The van der Waals surface area contributed by atoms with Crippen LogP contribution in [0.25, 0.3) is 0 Å². The molecule has 0 aromatic carbocycles. The Morgan fingerprint density at radius 2 is 1.59 bits per heavy atom. The van der Waals surface area contributed by atoms with E-state index in [0.29, 0.717) is 0 Å². The summed E-state index contributed by atoms with van der Waals surface area (Å²) in [6.45, 7) is 8.71. The van der Waals surface area contributed by atoms with Crippen molar-refractivity contribution in [2.45, 2.75) is 38.5 Å². The minimum absolute atomic E-state index is 0.866. The van der Waals surface area contributed by atoms with Crippen molar-refractivity contribution in [1.29, 1.82) is 0 Å². The zero-order valence-corrected chi connectivity index (χ0v) is 11.2. The van der Waals surface area contributed by atoms with E-state index in [2.05, 4.69) is 9.80 Å². The lowest BCUT2D eigenvalue weighted by Crippen LogP contribution is -2.42. The molecule has 0 aromatic heterocycles. The zero-order valence-electron chi connectivity index (χ0n) is 11.2. The first-order valence-electron chi connectivity index (χ1n) is 7.53. The van der Waals surface area contributed by atoms with E-state index in [9.17, 15) is 0 Å². The predicted molar refractivity (Wildman–Crippen MR) is 73.1 cm³/mol. The van der Waals surface area contributed by atoms with Gasteiger partial charge in [0.25, 0.3) is 0 Å². The Hall–Kier alpha value is -0.120. The minimum atomic E-state index is 0.866. The number of likely N-dealkylation sites (tertiary alicyclic amines) is 2. The summed E-state index contributed by atoms with van der Waals surface area (Å²) in [5.41, 5.74) is 5.67. The Morgan fingerprint density at radius 1 is 0.882 bits per heavy atom. The maximum absolute atomic E-state index is 5.67. The molecule has 2 N–H and O–H groups in total. The number of nitrogens with zero attached hydrogens (tertiary/aromatic N) is 2. The molecule has 2 saturated heterocycles. The van der Waals surface area contributed by atoms with Crippen LogP contribution in [0.1, 0.15) is 38.5 Å². The lowest BCUT2D eigenvalue weighted by Gasteiger charge is -2.35. The van der Waals surface area contributed by atoms with Gasteiger partial charge in [-0.1, -0.05) is 6.42 Å². The van der Waals surface area contributed by atoms with Crippen molar-refractivity contribution in [2.24, 2.45) is 11.7 Å². The Kier molecular flexibility index (Phi) is 5.75. The molecule has 0 aliphatic carbocycles. The first-order valence-corrected chi connectivity index (χ1v) is 7.53. The molecular formula is C14H29N3. The molecule has 0 aromatic rings. The summed E-state index contributed by atoms with van der Waals surface area (Å²) in [6, 6.07) is 0. The molecule has 0 saturated carbocycles. The summed E-state index contributed by atoms with van der Waals surface area (Å²) in [5, 5.41) is 0. The standard InChI is InChI=1S/C14H29N3/c15-7-6-14-5-4-10-17(13-14)12-11-16-8-2-1-3-9-16/h14H,1-13,15H2. The van der Waals surface area contributed by atoms with E-state index in [1.54, 1.807) is 0 Å². The first-order chi connectivity index (χ1) is 8.38. The Balaban J connectivity index is 1.64. The van der Waals surface area contributed by atoms with Crippen molar-refractivity contribution in [1.82, 2.24) is 9.80 Å². The highest BCUT2D eigenvalue weighted by Gasteiger charge is 2.19. The normalized spacial score (nSPS) is 28.4. The third kappa shape index (κ3) is 4.57. The van der Waals surface area contributed by atoms with Crippen molar-refractivity contribution >= 4 is 0 Å². The highest BCUT2D eigenvalue weighted by molar-refractivity contribution is 4.75. The predicted octanol–water partition coefficient (Wildman–Crippen LogP) is 1.53. The van der Waals surface area contributed by atoms with Gasteiger partial charge in [0.2, 0.25) is 0 Å². The van der Waals surface area contributed by atoms with Gasteiger partial charge in [-0.15, -0.1) is 0 Å². The molecule has 2 rings (SSSR count). The largest absolute Gasteiger partial charge is 0.330 e. The molecule has 0 spiro atoms. The lowest BCUT2D eigenvalue weighted by atomic mass is 9.95. The number of hydrogen-bond donors (Lipinski definition) is 1. The fourth-order valence-electron chi connectivity index (χ4n) is 3.29. The average Bonchev–Trinajstić information content (AvgIpc) is 2.39. The smallest absolute Gasteiger partial charge is 0.0109 e. The van der Waals surface area contributed by atoms with E-state index in [1.165, 1.54) is 77.8 Å². The van der Waals surface area contributed by atoms with Gasteiger partial charge in [0.1, 0.15) is 0 Å². The van der Waals surface area contributed by atoms with E-state index >= 15 is 0 Å². The van der Waals surface area contributed by atoms with E-state index in [4.69, 9.17) is 5.73 Å². The molecule has 2 aliphatic rings. The van der Waals surface area contributed by atoms with Crippen molar-refractivity contribution < 1.29 is 0 Å². The Labute approximate surface area is 106 Å². The third-order valence-electron chi connectivity index (χ3n) is 4.36. The van der Waals surface area contributed by atoms with Crippen molar-refractivity contribution in [3.8, 4) is 0 Å². The quantitative estimate of drug-likeness (QED) is 0.790. The summed E-state index contributed by atoms with van der Waals surface area (Å²) < 4.78 is 0. The maximum atomic E-state index is 5.67. The molecule has 2 fully saturated rings. The topological polar surface area (TPSA) is 32.5 Å². The van der Waals surface area contributed by atoms with E-state index in [0.717, 1.165) is 12.5 Å². The number of rotatable bonds is 5. The van der Waals surface area contributed by atoms with Crippen LogP contribution < -0.4 is 5.73 Å². The SMILES string of the molecule is NCCC1CCCN(CCN2CCCCC2)C1. The second-order valence-corrected chi connectivity index (χ2v) is 5.79. The monoisotopic (exact) mass is 239 g/mol. The van der Waals surface area contributed by atoms with Crippen LogP contribution in [0.5, 0.6) is 0 Å². The van der Waals surface area contributed by atoms with Gasteiger partial charge in [0.05, 0.1) is 0 Å². The molecule has 100 valence electrons. The van der Waals surface area contributed by atoms with Crippen LogP contribution >= 0.6 is 0 Å². The second-order valence-electron chi connectivity index (χ2n) is 5.79. The van der Waals surface area contributed by atoms with E-state index in [1.807, 2.05) is 0 Å². The number of nitrogens with two attached hydrogens (primary N) is 1. The summed E-state index contributed by atoms with van der Waals surface area (Å²) in [5.74, 6) is 0.870. The second kappa shape index (κ2) is 7.34. The highest BCUT2D eigenvalue weighted by atomic mass is 15.2. The molecular weight excluding hydrogens is 210 g/mol. The van der Waals surface area contributed by atoms with Gasteiger partial charge in [-0.25, -0.2) is 0 Å². The van der Waals surface area contributed by atoms with Crippen LogP contribution in [0.2, 0.25) is 0 Å². The van der Waals surface area contributed by atoms with Gasteiger partial charge in [0.15, 0.2) is 0 Å². The van der Waals surface area contributed by atoms with Crippen LogP contribution in [0.4, 0.5) is 0 Å². The van der Waals surface area contributed by atoms with Gasteiger partial charge in [0, 0.05) is 19.6 Å². The Bertz CT molecular complexity index is 200. The van der Waals surface area contributed by atoms with Gasteiger partial charge >= 0.3 is 0 Å². The molecule has 3 nitrogen and oxygen atoms in total. The summed E-state index contributed by atoms with van der Waals surface area (Å²) >= 11 is 0. The van der Waals surface area contributed by atoms with Crippen LogP contribution in [0.3, 0.4) is 0 Å². The Morgan fingerprint density at radius 3 is 2.35 bits per heavy atom. The molecule has 3 heteroatoms. The molecule has 0 amide bonds. The first kappa shape index (κ1) is 13.3. The summed E-state index contributed by atoms with van der Waals surface area (Å²) in [6.07, 6.45) is 8.27. The molecule has 1 atom stereocenters. The maximum Gasteiger partial charge on any atom is 0.0109 e. The van der Waals surface area contributed by atoms with E-state index < -0.39 is 0 Å². The van der Waals surface area contributed by atoms with Gasteiger partial charge in [-0.2, -0.15) is 0 Å². The fourth-order valence-corrected chi connectivity index (χ4v) is 3.29. The molecule has 17 heavy (non-hydrogen) atoms. The number of hydrogen-bond acceptors (Lipinski definition) is 3. The average molecular weight is 239 g/mol. The van der Waals surface area contributed by atoms with Gasteiger partial charge < -0.3 is 15.5 Å². The molecule has 0 bridgehead atoms. The van der Waals surface area contributed by atoms with Crippen LogP contribution in [0.15, 0.2) is 0 Å². The van der Waals surface area contributed by atoms with Crippen molar-refractivity contribution in [2.75, 3.05) is 45.8 Å². The molecule has 0 radical (unpaired) electrons. The molecule has 2 aliphatic heterocycles. The van der Waals surface area contributed by atoms with Crippen molar-refractivity contribution in [3.05, 3.63) is 0 Å². The van der Waals surface area contributed by atoms with Gasteiger partial charge in [-0.05, 0) is 64.2 Å². The third-order valence-corrected chi connectivity index (χ3v) is 4.36. The zero-order chi connectivity index (χ0) is 11.9. The van der Waals surface area contributed by atoms with Crippen molar-refractivity contribution in [3.63, 3.8) is 0 Å². The number of piperidine rings is 2. The summed E-state index contributed by atoms with van der Waals surface area (Å²) in [7, 11) is 0. The van der Waals surface area contributed by atoms with Crippen LogP contribution in [-0.2, 0) is 0 Å². The van der Waals surface area contributed by atoms with E-state index in [-0.39, 0.29) is 0 Å². The van der Waals surface area contributed by atoms with Crippen LogP contribution in [-0.4, -0.2) is 55.6 Å². The van der Waals surface area contributed by atoms with Gasteiger partial charge in [-0.3, -0.25) is 0 Å². The summed E-state index contributed by atoms with van der Waals surface area (Å²) in [4.78, 5) is 5.31.